The molecule has 0 saturated carbocycles. The van der Waals surface area contributed by atoms with Gasteiger partial charge in [0.25, 0.3) is 0 Å². The molecule has 0 aliphatic heterocycles. The fraction of sp³-hybridized carbons (Fsp3) is 0.538. The summed E-state index contributed by atoms with van der Waals surface area (Å²) in [5, 5.41) is 28.1. The minimum atomic E-state index is -0.216. The minimum absolute atomic E-state index is 0.000605. The zero-order chi connectivity index (χ0) is 12.3. The Morgan fingerprint density at radius 3 is 1.81 bits per heavy atom. The van der Waals surface area contributed by atoms with Gasteiger partial charge in [0.15, 0.2) is 0 Å². The summed E-state index contributed by atoms with van der Waals surface area (Å²) in [5.41, 5.74) is 1.95. The smallest absolute Gasteiger partial charge is 0.126 e. The van der Waals surface area contributed by atoms with E-state index in [1.54, 1.807) is 12.1 Å². The van der Waals surface area contributed by atoms with E-state index in [1.165, 1.54) is 0 Å². The Balaban J connectivity index is 3.32. The van der Waals surface area contributed by atoms with E-state index in [2.05, 4.69) is 20.8 Å². The Kier molecular flexibility index (Phi) is 3.94. The SMILES string of the molecule is CCC(C)(C)c1cc(CO)c(O)c(CO)c1. The molecular formula is C13H20O3. The lowest BCUT2D eigenvalue weighted by molar-refractivity contribution is 0.263. The number of aromatic hydroxyl groups is 1. The molecule has 3 heteroatoms. The second kappa shape index (κ2) is 4.85. The first kappa shape index (κ1) is 13.0. The Bertz CT molecular complexity index is 344. The van der Waals surface area contributed by atoms with Gasteiger partial charge in [0.05, 0.1) is 13.2 Å². The monoisotopic (exact) mass is 224 g/mol. The van der Waals surface area contributed by atoms with Crippen molar-refractivity contribution in [3.05, 3.63) is 28.8 Å². The minimum Gasteiger partial charge on any atom is -0.507 e. The summed E-state index contributed by atoms with van der Waals surface area (Å²) in [6, 6.07) is 3.61. The van der Waals surface area contributed by atoms with Crippen LogP contribution in [0.25, 0.3) is 0 Å². The maximum atomic E-state index is 9.73. The molecule has 0 saturated heterocycles. The third-order valence-electron chi connectivity index (χ3n) is 3.27. The molecule has 0 radical (unpaired) electrons. The first-order chi connectivity index (χ1) is 7.46. The lowest BCUT2D eigenvalue weighted by atomic mass is 9.80. The predicted octanol–water partition coefficient (Wildman–Crippen LogP) is 2.06. The normalized spacial score (nSPS) is 11.8. The summed E-state index contributed by atoms with van der Waals surface area (Å²) in [6.07, 6.45) is 0.952. The summed E-state index contributed by atoms with van der Waals surface area (Å²) in [6.45, 7) is 5.85. The number of benzene rings is 1. The van der Waals surface area contributed by atoms with E-state index >= 15 is 0 Å². The van der Waals surface area contributed by atoms with E-state index in [0.29, 0.717) is 11.1 Å². The number of hydrogen-bond acceptors (Lipinski definition) is 3. The average molecular weight is 224 g/mol. The quantitative estimate of drug-likeness (QED) is 0.733. The van der Waals surface area contributed by atoms with Gasteiger partial charge in [-0.25, -0.2) is 0 Å². The molecule has 0 aliphatic rings. The van der Waals surface area contributed by atoms with Crippen LogP contribution in [0.4, 0.5) is 0 Å². The number of hydrogen-bond donors (Lipinski definition) is 3. The molecule has 0 atom stereocenters. The van der Waals surface area contributed by atoms with Crippen LogP contribution in [-0.2, 0) is 18.6 Å². The maximum Gasteiger partial charge on any atom is 0.126 e. The highest BCUT2D eigenvalue weighted by molar-refractivity contribution is 5.45. The first-order valence-electron chi connectivity index (χ1n) is 5.53. The van der Waals surface area contributed by atoms with Crippen molar-refractivity contribution >= 4 is 0 Å². The molecule has 0 amide bonds. The Hall–Kier alpha value is -1.06. The van der Waals surface area contributed by atoms with Crippen LogP contribution in [0.5, 0.6) is 5.75 Å². The summed E-state index contributed by atoms with van der Waals surface area (Å²) < 4.78 is 0. The van der Waals surface area contributed by atoms with Gasteiger partial charge in [-0.15, -0.1) is 0 Å². The summed E-state index contributed by atoms with van der Waals surface area (Å²) in [5.74, 6) is 0.000605. The standard InChI is InChI=1S/C13H20O3/c1-4-13(2,3)11-5-9(7-14)12(16)10(6-11)8-15/h5-6,14-16H,4,7-8H2,1-3H3. The molecule has 0 aliphatic carbocycles. The van der Waals surface area contributed by atoms with Gasteiger partial charge in [0, 0.05) is 11.1 Å². The van der Waals surface area contributed by atoms with E-state index < -0.39 is 0 Å². The van der Waals surface area contributed by atoms with Gasteiger partial charge >= 0.3 is 0 Å². The largest absolute Gasteiger partial charge is 0.507 e. The highest BCUT2D eigenvalue weighted by Crippen LogP contribution is 2.33. The zero-order valence-electron chi connectivity index (χ0n) is 10.1. The van der Waals surface area contributed by atoms with Crippen LogP contribution in [-0.4, -0.2) is 15.3 Å². The third kappa shape index (κ3) is 2.36. The molecule has 1 aromatic rings. The molecule has 0 bridgehead atoms. The van der Waals surface area contributed by atoms with Gasteiger partial charge in [-0.05, 0) is 29.5 Å². The number of rotatable bonds is 4. The number of phenols is 1. The lowest BCUT2D eigenvalue weighted by Gasteiger charge is -2.25. The molecule has 1 aromatic carbocycles. The van der Waals surface area contributed by atoms with Gasteiger partial charge in [0.1, 0.15) is 5.75 Å². The number of aliphatic hydroxyl groups excluding tert-OH is 2. The van der Waals surface area contributed by atoms with Gasteiger partial charge < -0.3 is 15.3 Å². The second-order valence-corrected chi connectivity index (χ2v) is 4.70. The molecule has 3 nitrogen and oxygen atoms in total. The zero-order valence-corrected chi connectivity index (χ0v) is 10.1. The fourth-order valence-electron chi connectivity index (χ4n) is 1.60. The fourth-order valence-corrected chi connectivity index (χ4v) is 1.60. The molecule has 0 aromatic heterocycles. The van der Waals surface area contributed by atoms with Crippen molar-refractivity contribution in [1.29, 1.82) is 0 Å². The topological polar surface area (TPSA) is 60.7 Å². The molecule has 3 N–H and O–H groups in total. The van der Waals surface area contributed by atoms with Crippen molar-refractivity contribution in [2.75, 3.05) is 0 Å². The Morgan fingerprint density at radius 2 is 1.50 bits per heavy atom. The summed E-state index contributed by atoms with van der Waals surface area (Å²) in [7, 11) is 0. The van der Waals surface area contributed by atoms with E-state index in [4.69, 9.17) is 10.2 Å². The van der Waals surface area contributed by atoms with Gasteiger partial charge in [0.2, 0.25) is 0 Å². The Morgan fingerprint density at radius 1 is 1.06 bits per heavy atom. The molecule has 16 heavy (non-hydrogen) atoms. The van der Waals surface area contributed by atoms with Gasteiger partial charge in [-0.3, -0.25) is 0 Å². The van der Waals surface area contributed by atoms with Gasteiger partial charge in [-0.2, -0.15) is 0 Å². The predicted molar refractivity (Wildman–Crippen MR) is 63.3 cm³/mol. The lowest BCUT2D eigenvalue weighted by Crippen LogP contribution is -2.16. The van der Waals surface area contributed by atoms with E-state index in [-0.39, 0.29) is 24.4 Å². The van der Waals surface area contributed by atoms with Crippen molar-refractivity contribution in [1.82, 2.24) is 0 Å². The number of aliphatic hydroxyl groups is 2. The Labute approximate surface area is 96.4 Å². The van der Waals surface area contributed by atoms with Crippen LogP contribution >= 0.6 is 0 Å². The second-order valence-electron chi connectivity index (χ2n) is 4.70. The van der Waals surface area contributed by atoms with E-state index in [0.717, 1.165) is 12.0 Å². The highest BCUT2D eigenvalue weighted by atomic mass is 16.3. The van der Waals surface area contributed by atoms with Crippen molar-refractivity contribution in [2.24, 2.45) is 0 Å². The third-order valence-corrected chi connectivity index (χ3v) is 3.27. The van der Waals surface area contributed by atoms with Crippen LogP contribution in [0, 0.1) is 0 Å². The van der Waals surface area contributed by atoms with Crippen LogP contribution in [0.15, 0.2) is 12.1 Å². The average Bonchev–Trinajstić information content (AvgIpc) is 2.29. The van der Waals surface area contributed by atoms with Crippen molar-refractivity contribution in [2.45, 2.75) is 45.8 Å². The van der Waals surface area contributed by atoms with Crippen molar-refractivity contribution in [3.8, 4) is 5.75 Å². The van der Waals surface area contributed by atoms with Crippen LogP contribution < -0.4 is 0 Å². The van der Waals surface area contributed by atoms with Crippen LogP contribution in [0.2, 0.25) is 0 Å². The van der Waals surface area contributed by atoms with E-state index in [9.17, 15) is 5.11 Å². The molecule has 0 fully saturated rings. The molecule has 0 spiro atoms. The molecule has 0 unspecified atom stereocenters. The van der Waals surface area contributed by atoms with Crippen molar-refractivity contribution in [3.63, 3.8) is 0 Å². The molecule has 0 heterocycles. The molecule has 1 rings (SSSR count). The van der Waals surface area contributed by atoms with Crippen LogP contribution in [0.3, 0.4) is 0 Å². The van der Waals surface area contributed by atoms with Crippen molar-refractivity contribution < 1.29 is 15.3 Å². The first-order valence-corrected chi connectivity index (χ1v) is 5.53. The maximum absolute atomic E-state index is 9.73. The molecule has 90 valence electrons. The van der Waals surface area contributed by atoms with Gasteiger partial charge in [-0.1, -0.05) is 20.8 Å². The highest BCUT2D eigenvalue weighted by Gasteiger charge is 2.21. The summed E-state index contributed by atoms with van der Waals surface area (Å²) in [4.78, 5) is 0. The van der Waals surface area contributed by atoms with Crippen LogP contribution in [0.1, 0.15) is 43.9 Å². The molecular weight excluding hydrogens is 204 g/mol. The van der Waals surface area contributed by atoms with E-state index in [1.807, 2.05) is 0 Å². The summed E-state index contributed by atoms with van der Waals surface area (Å²) >= 11 is 0.